The van der Waals surface area contributed by atoms with Gasteiger partial charge in [0.15, 0.2) is 8.32 Å². The first-order valence-corrected chi connectivity index (χ1v) is 19.2. The summed E-state index contributed by atoms with van der Waals surface area (Å²) in [6, 6.07) is 8.90. The summed E-state index contributed by atoms with van der Waals surface area (Å²) in [5.74, 6) is 0.566. The molecule has 2 N–H and O–H groups in total. The Balaban J connectivity index is 1.35. The molecule has 2 heterocycles. The number of primary amides is 1. The van der Waals surface area contributed by atoms with Crippen molar-refractivity contribution >= 4 is 20.3 Å². The number of ether oxygens (including phenoxy) is 1. The minimum Gasteiger partial charge on any atom is -0.444 e. The second-order valence-electron chi connectivity index (χ2n) is 15.7. The lowest BCUT2D eigenvalue weighted by Gasteiger charge is -2.42. The average molecular weight is 600 g/mol. The Morgan fingerprint density at radius 2 is 1.60 bits per heavy atom. The highest BCUT2D eigenvalue weighted by atomic mass is 28.4. The number of benzene rings is 1. The summed E-state index contributed by atoms with van der Waals surface area (Å²) in [5.41, 5.74) is 6.86. The molecule has 1 aromatic rings. The van der Waals surface area contributed by atoms with E-state index in [1.807, 2.05) is 37.8 Å². The molecule has 2 aliphatic heterocycles. The third-order valence-corrected chi connectivity index (χ3v) is 14.9. The Morgan fingerprint density at radius 1 is 0.976 bits per heavy atom. The molecule has 236 valence electrons. The number of carbonyl (C=O) groups is 2. The molecule has 2 saturated heterocycles. The fourth-order valence-electron chi connectivity index (χ4n) is 7.01. The van der Waals surface area contributed by atoms with Gasteiger partial charge >= 0.3 is 6.09 Å². The van der Waals surface area contributed by atoms with Crippen molar-refractivity contribution < 1.29 is 18.8 Å². The van der Waals surface area contributed by atoms with Crippen molar-refractivity contribution in [3.05, 3.63) is 35.4 Å². The monoisotopic (exact) mass is 599 g/mol. The molecule has 42 heavy (non-hydrogen) atoms. The first-order chi connectivity index (χ1) is 19.5. The Bertz CT molecular complexity index is 1070. The molecular formula is C34H57N3O4Si. The van der Waals surface area contributed by atoms with Crippen molar-refractivity contribution in [3.63, 3.8) is 0 Å². The molecule has 1 saturated carbocycles. The molecule has 8 heteroatoms. The second kappa shape index (κ2) is 13.0. The molecule has 2 amide bonds. The van der Waals surface area contributed by atoms with Gasteiger partial charge in [0.25, 0.3) is 0 Å². The number of carbonyl (C=O) groups excluding carboxylic acids is 2. The minimum absolute atomic E-state index is 0.187. The summed E-state index contributed by atoms with van der Waals surface area (Å²) >= 11 is 0. The number of piperidine rings is 1. The Morgan fingerprint density at radius 3 is 2.14 bits per heavy atom. The third-order valence-electron chi connectivity index (χ3n) is 10.3. The number of nitrogens with two attached hydrogens (primary N) is 1. The van der Waals surface area contributed by atoms with Crippen LogP contribution in [0.4, 0.5) is 4.79 Å². The van der Waals surface area contributed by atoms with Gasteiger partial charge in [0.05, 0.1) is 0 Å². The summed E-state index contributed by atoms with van der Waals surface area (Å²) in [6.45, 7) is 19.8. The molecule has 1 aromatic carbocycles. The highest BCUT2D eigenvalue weighted by Crippen LogP contribution is 2.43. The zero-order chi connectivity index (χ0) is 30.9. The maximum atomic E-state index is 13.4. The highest BCUT2D eigenvalue weighted by Gasteiger charge is 2.42. The molecule has 0 spiro atoms. The Labute approximate surface area is 256 Å². The van der Waals surface area contributed by atoms with Crippen LogP contribution in [0.25, 0.3) is 0 Å². The third kappa shape index (κ3) is 8.38. The van der Waals surface area contributed by atoms with Gasteiger partial charge in [-0.2, -0.15) is 0 Å². The van der Waals surface area contributed by atoms with E-state index in [0.717, 1.165) is 51.6 Å². The van der Waals surface area contributed by atoms with E-state index in [1.54, 1.807) is 6.07 Å². The highest BCUT2D eigenvalue weighted by molar-refractivity contribution is 6.74. The van der Waals surface area contributed by atoms with Gasteiger partial charge in [-0.15, -0.1) is 0 Å². The van der Waals surface area contributed by atoms with Crippen molar-refractivity contribution in [1.29, 1.82) is 0 Å². The van der Waals surface area contributed by atoms with Gasteiger partial charge in [-0.05, 0) is 120 Å². The van der Waals surface area contributed by atoms with E-state index >= 15 is 0 Å². The van der Waals surface area contributed by atoms with Crippen molar-refractivity contribution in [2.24, 2.45) is 11.7 Å². The lowest BCUT2D eigenvalue weighted by Crippen LogP contribution is -2.49. The van der Waals surface area contributed by atoms with Crippen LogP contribution in [-0.4, -0.2) is 73.5 Å². The SMILES string of the molecule is CC(C)(C)OC(=O)N(CCN1C2CCC1CC(c1cccc(C(N)=O)c1)C2)CC1CCC(O[Si](C)(C)C(C)(C)C)CC1. The molecule has 2 bridgehead atoms. The molecule has 0 aromatic heterocycles. The van der Waals surface area contributed by atoms with Gasteiger partial charge < -0.3 is 19.8 Å². The van der Waals surface area contributed by atoms with E-state index in [1.165, 1.54) is 18.4 Å². The number of hydrogen-bond acceptors (Lipinski definition) is 5. The summed E-state index contributed by atoms with van der Waals surface area (Å²) < 4.78 is 12.6. The second-order valence-corrected chi connectivity index (χ2v) is 20.5. The van der Waals surface area contributed by atoms with Crippen LogP contribution >= 0.6 is 0 Å². The number of hydrogen-bond donors (Lipinski definition) is 1. The topological polar surface area (TPSA) is 85.1 Å². The summed E-state index contributed by atoms with van der Waals surface area (Å²) in [6.07, 6.45) is 9.07. The maximum Gasteiger partial charge on any atom is 0.410 e. The van der Waals surface area contributed by atoms with E-state index in [0.29, 0.717) is 42.1 Å². The summed E-state index contributed by atoms with van der Waals surface area (Å²) in [5, 5.41) is 0.221. The number of rotatable bonds is 9. The molecule has 7 nitrogen and oxygen atoms in total. The van der Waals surface area contributed by atoms with Gasteiger partial charge in [-0.3, -0.25) is 9.69 Å². The molecule has 2 atom stereocenters. The Hall–Kier alpha value is -1.90. The molecule has 4 rings (SSSR count). The lowest BCUT2D eigenvalue weighted by molar-refractivity contribution is 0.0139. The van der Waals surface area contributed by atoms with Crippen molar-refractivity contribution in [2.75, 3.05) is 19.6 Å². The zero-order valence-electron chi connectivity index (χ0n) is 27.6. The van der Waals surface area contributed by atoms with Gasteiger partial charge in [-0.1, -0.05) is 32.9 Å². The van der Waals surface area contributed by atoms with E-state index in [-0.39, 0.29) is 17.0 Å². The first kappa shape index (κ1) is 33.0. The van der Waals surface area contributed by atoms with Gasteiger partial charge in [-0.25, -0.2) is 4.79 Å². The quantitative estimate of drug-likeness (QED) is 0.301. The zero-order valence-corrected chi connectivity index (χ0v) is 28.6. The summed E-state index contributed by atoms with van der Waals surface area (Å²) in [7, 11) is -1.78. The van der Waals surface area contributed by atoms with Crippen LogP contribution in [0.2, 0.25) is 18.1 Å². The van der Waals surface area contributed by atoms with Crippen LogP contribution < -0.4 is 5.73 Å². The van der Waals surface area contributed by atoms with Crippen molar-refractivity contribution in [1.82, 2.24) is 9.80 Å². The normalized spacial score (nSPS) is 27.1. The van der Waals surface area contributed by atoms with Crippen LogP contribution in [0.15, 0.2) is 24.3 Å². The molecule has 2 unspecified atom stereocenters. The van der Waals surface area contributed by atoms with Crippen molar-refractivity contribution in [3.8, 4) is 0 Å². The summed E-state index contributed by atoms with van der Waals surface area (Å²) in [4.78, 5) is 29.8. The fourth-order valence-corrected chi connectivity index (χ4v) is 8.44. The predicted molar refractivity (Wildman–Crippen MR) is 172 cm³/mol. The molecule has 3 fully saturated rings. The first-order valence-electron chi connectivity index (χ1n) is 16.3. The van der Waals surface area contributed by atoms with Crippen molar-refractivity contribution in [2.45, 2.75) is 141 Å². The van der Waals surface area contributed by atoms with E-state index < -0.39 is 13.9 Å². The van der Waals surface area contributed by atoms with Crippen LogP contribution in [-0.2, 0) is 9.16 Å². The largest absolute Gasteiger partial charge is 0.444 e. The van der Waals surface area contributed by atoms with Crippen LogP contribution in [0, 0.1) is 5.92 Å². The van der Waals surface area contributed by atoms with Crippen LogP contribution in [0.1, 0.15) is 115 Å². The van der Waals surface area contributed by atoms with Gasteiger partial charge in [0.2, 0.25) is 5.91 Å². The molecule has 3 aliphatic rings. The van der Waals surface area contributed by atoms with Crippen LogP contribution in [0.5, 0.6) is 0 Å². The van der Waals surface area contributed by atoms with Gasteiger partial charge in [0.1, 0.15) is 5.60 Å². The molecule has 0 radical (unpaired) electrons. The number of amides is 2. The van der Waals surface area contributed by atoms with E-state index in [2.05, 4.69) is 44.8 Å². The van der Waals surface area contributed by atoms with Gasteiger partial charge in [0, 0.05) is 43.4 Å². The van der Waals surface area contributed by atoms with E-state index in [9.17, 15) is 9.59 Å². The minimum atomic E-state index is -1.78. The molecular weight excluding hydrogens is 542 g/mol. The number of nitrogens with zero attached hydrogens (tertiary/aromatic N) is 2. The number of fused-ring (bicyclic) bond motifs is 2. The average Bonchev–Trinajstić information content (AvgIpc) is 3.12. The smallest absolute Gasteiger partial charge is 0.410 e. The predicted octanol–water partition coefficient (Wildman–Crippen LogP) is 7.31. The fraction of sp³-hybridized carbons (Fsp3) is 0.765. The molecule has 1 aliphatic carbocycles. The standard InChI is InChI=1S/C34H57N3O4Si/c1-33(2,3)40-32(39)36(23-24-12-16-30(17-13-24)41-42(7,8)34(4,5)6)18-19-37-28-14-15-29(37)22-27(21-28)25-10-9-11-26(20-25)31(35)38/h9-11,20,24,27-30H,12-19,21-23H2,1-8H3,(H2,35,38). The van der Waals surface area contributed by atoms with E-state index in [4.69, 9.17) is 14.9 Å². The lowest BCUT2D eigenvalue weighted by atomic mass is 9.84. The Kier molecular flexibility index (Phi) is 10.2. The maximum absolute atomic E-state index is 13.4. The van der Waals surface area contributed by atoms with Crippen LogP contribution in [0.3, 0.4) is 0 Å².